The molecule has 2 aliphatic rings. The van der Waals surface area contributed by atoms with E-state index in [1.807, 2.05) is 0 Å². The highest BCUT2D eigenvalue weighted by atomic mass is 32.1. The second kappa shape index (κ2) is 7.86. The van der Waals surface area contributed by atoms with Crippen molar-refractivity contribution in [1.29, 1.82) is 0 Å². The van der Waals surface area contributed by atoms with E-state index in [1.165, 1.54) is 6.92 Å². The van der Waals surface area contributed by atoms with E-state index in [0.717, 1.165) is 29.5 Å². The van der Waals surface area contributed by atoms with Gasteiger partial charge in [0, 0.05) is 0 Å². The third-order valence-corrected chi connectivity index (χ3v) is 6.05. The fourth-order valence-corrected chi connectivity index (χ4v) is 4.58. The van der Waals surface area contributed by atoms with Crippen molar-refractivity contribution in [2.24, 2.45) is 11.8 Å². The Kier molecular flexibility index (Phi) is 5.27. The molecule has 1 saturated carbocycles. The van der Waals surface area contributed by atoms with Crippen molar-refractivity contribution in [1.82, 2.24) is 13.6 Å². The van der Waals surface area contributed by atoms with Gasteiger partial charge in [-0.2, -0.15) is 8.75 Å². The van der Waals surface area contributed by atoms with E-state index in [-0.39, 0.29) is 23.7 Å². The first kappa shape index (κ1) is 19.4. The molecule has 1 aromatic heterocycles. The maximum atomic E-state index is 12.6. The maximum Gasteiger partial charge on any atom is 0.329 e. The molecule has 9 nitrogen and oxygen atoms in total. The number of imide groups is 1. The zero-order valence-electron chi connectivity index (χ0n) is 15.8. The number of hydrogen-bond acceptors (Lipinski definition) is 8. The average Bonchev–Trinajstić information content (AvgIpc) is 3.30. The van der Waals surface area contributed by atoms with Crippen molar-refractivity contribution in [3.05, 3.63) is 18.2 Å². The van der Waals surface area contributed by atoms with Gasteiger partial charge in [-0.15, -0.1) is 0 Å². The van der Waals surface area contributed by atoms with Gasteiger partial charge in [0.1, 0.15) is 17.1 Å². The minimum absolute atomic E-state index is 0.309. The molecule has 1 aliphatic carbocycles. The van der Waals surface area contributed by atoms with Gasteiger partial charge < -0.3 is 10.1 Å². The first-order chi connectivity index (χ1) is 14.0. The number of nitrogens with zero attached hydrogens (tertiary/aromatic N) is 3. The lowest BCUT2D eigenvalue weighted by Crippen LogP contribution is -2.45. The van der Waals surface area contributed by atoms with E-state index in [0.29, 0.717) is 29.6 Å². The Labute approximate surface area is 170 Å². The van der Waals surface area contributed by atoms with Crippen LogP contribution in [0.1, 0.15) is 32.6 Å². The molecule has 3 amide bonds. The molecule has 2 aromatic rings. The Morgan fingerprint density at radius 3 is 2.59 bits per heavy atom. The van der Waals surface area contributed by atoms with Gasteiger partial charge in [0.05, 0.1) is 29.3 Å². The largest absolute Gasteiger partial charge is 0.454 e. The average molecular weight is 416 g/mol. The fourth-order valence-electron chi connectivity index (χ4n) is 4.03. The molecule has 152 valence electrons. The van der Waals surface area contributed by atoms with Gasteiger partial charge in [-0.25, -0.2) is 4.79 Å². The maximum absolute atomic E-state index is 12.6. The topological polar surface area (TPSA) is 119 Å². The molecule has 29 heavy (non-hydrogen) atoms. The fraction of sp³-hybridized carbons (Fsp3) is 0.474. The quantitative estimate of drug-likeness (QED) is 0.582. The first-order valence-electron chi connectivity index (χ1n) is 9.52. The zero-order valence-corrected chi connectivity index (χ0v) is 16.6. The highest BCUT2D eigenvalue weighted by Gasteiger charge is 2.51. The van der Waals surface area contributed by atoms with Crippen molar-refractivity contribution in [3.63, 3.8) is 0 Å². The highest BCUT2D eigenvalue weighted by Crippen LogP contribution is 2.38. The van der Waals surface area contributed by atoms with E-state index in [4.69, 9.17) is 4.74 Å². The Morgan fingerprint density at radius 1 is 1.21 bits per heavy atom. The van der Waals surface area contributed by atoms with E-state index >= 15 is 0 Å². The number of fused-ring (bicyclic) bond motifs is 2. The minimum atomic E-state index is -1.06. The van der Waals surface area contributed by atoms with E-state index in [9.17, 15) is 19.2 Å². The lowest BCUT2D eigenvalue weighted by molar-refractivity contribution is -0.159. The number of rotatable bonds is 5. The number of hydrogen-bond donors (Lipinski definition) is 1. The van der Waals surface area contributed by atoms with Crippen LogP contribution in [0, 0.1) is 11.8 Å². The third-order valence-electron chi connectivity index (χ3n) is 5.51. The van der Waals surface area contributed by atoms with E-state index < -0.39 is 24.5 Å². The van der Waals surface area contributed by atoms with Gasteiger partial charge in [-0.3, -0.25) is 19.3 Å². The number of ether oxygens (including phenoxy) is 1. The summed E-state index contributed by atoms with van der Waals surface area (Å²) in [6.07, 6.45) is 3.17. The van der Waals surface area contributed by atoms with Crippen LogP contribution in [0.15, 0.2) is 18.2 Å². The number of amides is 3. The van der Waals surface area contributed by atoms with Gasteiger partial charge in [-0.05, 0) is 31.9 Å². The normalized spacial score (nSPS) is 22.4. The third kappa shape index (κ3) is 3.59. The molecular weight excluding hydrogens is 396 g/mol. The van der Waals surface area contributed by atoms with Gasteiger partial charge in [0.25, 0.3) is 5.91 Å². The van der Waals surface area contributed by atoms with Crippen LogP contribution in [0.3, 0.4) is 0 Å². The number of benzene rings is 1. The van der Waals surface area contributed by atoms with Crippen LogP contribution in [0.25, 0.3) is 11.0 Å². The van der Waals surface area contributed by atoms with Crippen LogP contribution in [-0.4, -0.2) is 50.0 Å². The molecule has 0 bridgehead atoms. The van der Waals surface area contributed by atoms with Crippen LogP contribution in [0.2, 0.25) is 0 Å². The summed E-state index contributed by atoms with van der Waals surface area (Å²) in [5, 5.41) is 2.63. The predicted octanol–water partition coefficient (Wildman–Crippen LogP) is 1.74. The highest BCUT2D eigenvalue weighted by molar-refractivity contribution is 7.00. The van der Waals surface area contributed by atoms with E-state index in [1.54, 1.807) is 18.2 Å². The summed E-state index contributed by atoms with van der Waals surface area (Å²) in [4.78, 5) is 50.7. The molecule has 1 aromatic carbocycles. The summed E-state index contributed by atoms with van der Waals surface area (Å²) >= 11 is 1.03. The smallest absolute Gasteiger partial charge is 0.329 e. The molecular formula is C19H20N4O5S. The number of nitrogens with one attached hydrogen (secondary N) is 1. The number of anilines is 1. The summed E-state index contributed by atoms with van der Waals surface area (Å²) in [5.74, 6) is -2.61. The summed E-state index contributed by atoms with van der Waals surface area (Å²) in [5.41, 5.74) is 1.69. The molecule has 0 unspecified atom stereocenters. The van der Waals surface area contributed by atoms with Crippen LogP contribution in [-0.2, 0) is 23.9 Å². The molecule has 0 spiro atoms. The van der Waals surface area contributed by atoms with Gasteiger partial charge in [-0.1, -0.05) is 18.9 Å². The van der Waals surface area contributed by atoms with Gasteiger partial charge in [0.2, 0.25) is 11.8 Å². The van der Waals surface area contributed by atoms with Crippen LogP contribution < -0.4 is 5.32 Å². The molecule has 1 aliphatic heterocycles. The zero-order chi connectivity index (χ0) is 20.5. The second-order valence-corrected chi connectivity index (χ2v) is 7.84. The van der Waals surface area contributed by atoms with Crippen LogP contribution in [0.4, 0.5) is 5.69 Å². The Bertz CT molecular complexity index is 966. The SMILES string of the molecule is C[C@H](C(=O)OCC(=O)Nc1cccc2nsnc12)N1C(=O)[C@H]2CCCC[C@H]2C1=O. The molecule has 4 rings (SSSR count). The summed E-state index contributed by atoms with van der Waals surface area (Å²) in [6, 6.07) is 4.13. The number of esters is 1. The van der Waals surface area contributed by atoms with Gasteiger partial charge in [0.15, 0.2) is 6.61 Å². The summed E-state index contributed by atoms with van der Waals surface area (Å²) < 4.78 is 13.3. The lowest BCUT2D eigenvalue weighted by atomic mass is 9.81. The molecule has 2 fully saturated rings. The Morgan fingerprint density at radius 2 is 1.90 bits per heavy atom. The Hall–Kier alpha value is -2.88. The van der Waals surface area contributed by atoms with Crippen molar-refractivity contribution in [3.8, 4) is 0 Å². The standard InChI is InChI=1S/C19H20N4O5S/c1-10(23-17(25)11-5-2-3-6-12(11)18(23)26)19(27)28-9-15(24)20-13-7-4-8-14-16(13)22-29-21-14/h4,7-8,10-12H,2-3,5-6,9H2,1H3,(H,20,24)/t10-,11-,12+/m1/s1. The van der Waals surface area contributed by atoms with Crippen molar-refractivity contribution < 1.29 is 23.9 Å². The van der Waals surface area contributed by atoms with Crippen molar-refractivity contribution >= 4 is 52.1 Å². The summed E-state index contributed by atoms with van der Waals surface area (Å²) in [6.45, 7) is 0.926. The first-order valence-corrected chi connectivity index (χ1v) is 10.2. The van der Waals surface area contributed by atoms with Crippen molar-refractivity contribution in [2.45, 2.75) is 38.6 Å². The lowest BCUT2D eigenvalue weighted by Gasteiger charge is -2.21. The predicted molar refractivity (Wildman–Crippen MR) is 104 cm³/mol. The van der Waals surface area contributed by atoms with Crippen LogP contribution >= 0.6 is 11.7 Å². The van der Waals surface area contributed by atoms with Crippen LogP contribution in [0.5, 0.6) is 0 Å². The molecule has 10 heteroatoms. The molecule has 1 N–H and O–H groups in total. The number of carbonyl (C=O) groups excluding carboxylic acids is 4. The number of aromatic nitrogens is 2. The van der Waals surface area contributed by atoms with E-state index in [2.05, 4.69) is 14.1 Å². The molecule has 0 radical (unpaired) electrons. The summed E-state index contributed by atoms with van der Waals surface area (Å²) in [7, 11) is 0. The number of carbonyl (C=O) groups is 4. The van der Waals surface area contributed by atoms with Crippen molar-refractivity contribution in [2.75, 3.05) is 11.9 Å². The Balaban J connectivity index is 1.35. The monoisotopic (exact) mass is 416 g/mol. The molecule has 1 saturated heterocycles. The molecule has 3 atom stereocenters. The molecule has 2 heterocycles. The van der Waals surface area contributed by atoms with Gasteiger partial charge >= 0.3 is 5.97 Å². The second-order valence-electron chi connectivity index (χ2n) is 7.31. The number of likely N-dealkylation sites (tertiary alicyclic amines) is 1. The minimum Gasteiger partial charge on any atom is -0.454 e.